The lowest BCUT2D eigenvalue weighted by Gasteiger charge is -2.15. The zero-order valence-electron chi connectivity index (χ0n) is 10.5. The smallest absolute Gasteiger partial charge is 0.0438 e. The van der Waals surface area contributed by atoms with E-state index in [-0.39, 0.29) is 0 Å². The van der Waals surface area contributed by atoms with Gasteiger partial charge in [0.25, 0.3) is 0 Å². The predicted octanol–water partition coefficient (Wildman–Crippen LogP) is 3.86. The summed E-state index contributed by atoms with van der Waals surface area (Å²) in [4.78, 5) is 4.18. The summed E-state index contributed by atoms with van der Waals surface area (Å²) in [7, 11) is 0. The lowest BCUT2D eigenvalue weighted by atomic mass is 9.93. The summed E-state index contributed by atoms with van der Waals surface area (Å²) in [5.41, 5.74) is 8.23. The first-order valence-corrected chi connectivity index (χ1v) is 7.39. The van der Waals surface area contributed by atoms with Crippen LogP contribution < -0.4 is 5.73 Å². The number of pyridine rings is 1. The van der Waals surface area contributed by atoms with Crippen molar-refractivity contribution in [2.45, 2.75) is 12.8 Å². The van der Waals surface area contributed by atoms with E-state index in [1.807, 2.05) is 24.4 Å². The first-order chi connectivity index (χ1) is 9.19. The molecule has 0 bridgehead atoms. The molecule has 0 amide bonds. The molecule has 0 aliphatic rings. The fraction of sp³-hybridized carbons (Fsp3) is 0.267. The highest BCUT2D eigenvalue weighted by molar-refractivity contribution is 9.10. The lowest BCUT2D eigenvalue weighted by Crippen LogP contribution is -2.19. The Kier molecular flexibility index (Phi) is 5.37. The van der Waals surface area contributed by atoms with Crippen LogP contribution >= 0.6 is 27.5 Å². The van der Waals surface area contributed by atoms with E-state index in [1.54, 1.807) is 6.20 Å². The van der Waals surface area contributed by atoms with Crippen LogP contribution in [0.25, 0.3) is 0 Å². The van der Waals surface area contributed by atoms with Crippen LogP contribution in [-0.4, -0.2) is 11.5 Å². The second-order valence-electron chi connectivity index (χ2n) is 4.61. The minimum Gasteiger partial charge on any atom is -0.330 e. The van der Waals surface area contributed by atoms with Crippen LogP contribution in [0.4, 0.5) is 0 Å². The lowest BCUT2D eigenvalue weighted by molar-refractivity contribution is 0.532. The van der Waals surface area contributed by atoms with Gasteiger partial charge in [-0.15, -0.1) is 0 Å². The SMILES string of the molecule is NCC(Cc1cncc(Br)c1)Cc1ccccc1Cl. The van der Waals surface area contributed by atoms with Crippen LogP contribution in [-0.2, 0) is 12.8 Å². The number of benzene rings is 1. The van der Waals surface area contributed by atoms with E-state index in [0.29, 0.717) is 12.5 Å². The monoisotopic (exact) mass is 338 g/mol. The first-order valence-electron chi connectivity index (χ1n) is 6.22. The van der Waals surface area contributed by atoms with Gasteiger partial charge in [0.2, 0.25) is 0 Å². The molecule has 0 radical (unpaired) electrons. The Labute approximate surface area is 127 Å². The Balaban J connectivity index is 2.07. The maximum Gasteiger partial charge on any atom is 0.0438 e. The molecule has 0 fully saturated rings. The third kappa shape index (κ3) is 4.30. The van der Waals surface area contributed by atoms with Crippen molar-refractivity contribution in [3.63, 3.8) is 0 Å². The van der Waals surface area contributed by atoms with Gasteiger partial charge in [-0.2, -0.15) is 0 Å². The van der Waals surface area contributed by atoms with Gasteiger partial charge in [0.15, 0.2) is 0 Å². The fourth-order valence-corrected chi connectivity index (χ4v) is 2.74. The van der Waals surface area contributed by atoms with Crippen LogP contribution in [0.15, 0.2) is 47.2 Å². The molecule has 1 atom stereocenters. The molecule has 1 aromatic carbocycles. The molecule has 1 aromatic heterocycles. The van der Waals surface area contributed by atoms with Gasteiger partial charge in [-0.1, -0.05) is 29.8 Å². The number of hydrogen-bond acceptors (Lipinski definition) is 2. The highest BCUT2D eigenvalue weighted by Gasteiger charge is 2.11. The highest BCUT2D eigenvalue weighted by Crippen LogP contribution is 2.21. The molecule has 1 heterocycles. The van der Waals surface area contributed by atoms with Gasteiger partial charge in [0, 0.05) is 21.9 Å². The maximum atomic E-state index is 6.19. The van der Waals surface area contributed by atoms with E-state index in [2.05, 4.69) is 33.0 Å². The van der Waals surface area contributed by atoms with E-state index >= 15 is 0 Å². The summed E-state index contributed by atoms with van der Waals surface area (Å²) in [5.74, 6) is 0.371. The van der Waals surface area contributed by atoms with Gasteiger partial charge >= 0.3 is 0 Å². The van der Waals surface area contributed by atoms with Crippen LogP contribution in [0.1, 0.15) is 11.1 Å². The van der Waals surface area contributed by atoms with Crippen LogP contribution in [0.3, 0.4) is 0 Å². The minimum atomic E-state index is 0.371. The topological polar surface area (TPSA) is 38.9 Å². The predicted molar refractivity (Wildman–Crippen MR) is 83.3 cm³/mol. The number of hydrogen-bond donors (Lipinski definition) is 1. The Bertz CT molecular complexity index is 545. The summed E-state index contributed by atoms with van der Waals surface area (Å²) in [6.45, 7) is 0.637. The zero-order valence-corrected chi connectivity index (χ0v) is 12.9. The number of halogens is 2. The quantitative estimate of drug-likeness (QED) is 0.898. The molecule has 4 heteroatoms. The molecular weight excluding hydrogens is 324 g/mol. The Morgan fingerprint density at radius 2 is 2.00 bits per heavy atom. The van der Waals surface area contributed by atoms with Crippen molar-refractivity contribution in [3.8, 4) is 0 Å². The highest BCUT2D eigenvalue weighted by atomic mass is 79.9. The second kappa shape index (κ2) is 7.04. The van der Waals surface area contributed by atoms with Crippen molar-refractivity contribution in [2.75, 3.05) is 6.54 Å². The first kappa shape index (κ1) is 14.5. The molecular formula is C15H16BrClN2. The summed E-state index contributed by atoms with van der Waals surface area (Å²) in [6.07, 6.45) is 5.48. The molecule has 1 unspecified atom stereocenters. The molecule has 2 rings (SSSR count). The Morgan fingerprint density at radius 1 is 1.21 bits per heavy atom. The molecule has 19 heavy (non-hydrogen) atoms. The number of rotatable bonds is 5. The van der Waals surface area contributed by atoms with Crippen LogP contribution in [0.5, 0.6) is 0 Å². The number of nitrogens with zero attached hydrogens (tertiary/aromatic N) is 1. The molecule has 0 aliphatic carbocycles. The van der Waals surface area contributed by atoms with Crippen molar-refractivity contribution in [1.82, 2.24) is 4.98 Å². The molecule has 2 aromatic rings. The van der Waals surface area contributed by atoms with Gasteiger partial charge in [0.05, 0.1) is 0 Å². The molecule has 2 N–H and O–H groups in total. The molecule has 0 saturated carbocycles. The van der Waals surface area contributed by atoms with Crippen molar-refractivity contribution >= 4 is 27.5 Å². The summed E-state index contributed by atoms with van der Waals surface area (Å²) < 4.78 is 0.999. The van der Waals surface area contributed by atoms with Gasteiger partial charge in [-0.25, -0.2) is 0 Å². The van der Waals surface area contributed by atoms with Gasteiger partial charge < -0.3 is 5.73 Å². The zero-order chi connectivity index (χ0) is 13.7. The molecule has 2 nitrogen and oxygen atoms in total. The largest absolute Gasteiger partial charge is 0.330 e. The third-order valence-corrected chi connectivity index (χ3v) is 3.89. The van der Waals surface area contributed by atoms with Crippen molar-refractivity contribution < 1.29 is 0 Å². The van der Waals surface area contributed by atoms with Crippen molar-refractivity contribution in [1.29, 1.82) is 0 Å². The number of nitrogens with two attached hydrogens (primary N) is 1. The van der Waals surface area contributed by atoms with E-state index in [4.69, 9.17) is 17.3 Å². The van der Waals surface area contributed by atoms with Crippen LogP contribution in [0.2, 0.25) is 5.02 Å². The normalized spacial score (nSPS) is 12.4. The third-order valence-electron chi connectivity index (χ3n) is 3.09. The maximum absolute atomic E-state index is 6.19. The Hall–Kier alpha value is -0.900. The number of aromatic nitrogens is 1. The Morgan fingerprint density at radius 3 is 2.68 bits per heavy atom. The molecule has 0 spiro atoms. The average Bonchev–Trinajstić information content (AvgIpc) is 2.40. The van der Waals surface area contributed by atoms with Crippen molar-refractivity contribution in [3.05, 3.63) is 63.3 Å². The molecule has 0 saturated heterocycles. The van der Waals surface area contributed by atoms with Gasteiger partial charge in [-0.05, 0) is 64.5 Å². The van der Waals surface area contributed by atoms with Gasteiger partial charge in [-0.3, -0.25) is 4.98 Å². The molecule has 0 aliphatic heterocycles. The van der Waals surface area contributed by atoms with E-state index in [9.17, 15) is 0 Å². The van der Waals surface area contributed by atoms with Crippen molar-refractivity contribution in [2.24, 2.45) is 11.7 Å². The minimum absolute atomic E-state index is 0.371. The average molecular weight is 340 g/mol. The van der Waals surface area contributed by atoms with E-state index < -0.39 is 0 Å². The van der Waals surface area contributed by atoms with Gasteiger partial charge in [0.1, 0.15) is 0 Å². The fourth-order valence-electron chi connectivity index (χ4n) is 2.11. The standard InChI is InChI=1S/C15H16BrClN2/c16-14-7-12(9-19-10-14)5-11(8-18)6-13-3-1-2-4-15(13)17/h1-4,7,9-11H,5-6,8,18H2. The van der Waals surface area contributed by atoms with Crippen LogP contribution in [0, 0.1) is 5.92 Å². The van der Waals surface area contributed by atoms with E-state index in [0.717, 1.165) is 27.9 Å². The van der Waals surface area contributed by atoms with E-state index in [1.165, 1.54) is 5.56 Å². The molecule has 100 valence electrons. The summed E-state index contributed by atoms with van der Waals surface area (Å²) >= 11 is 9.63. The summed E-state index contributed by atoms with van der Waals surface area (Å²) in [5, 5.41) is 0.813. The second-order valence-corrected chi connectivity index (χ2v) is 5.94. The summed E-state index contributed by atoms with van der Waals surface area (Å²) in [6, 6.07) is 10.0.